The van der Waals surface area contributed by atoms with Crippen LogP contribution in [0.3, 0.4) is 0 Å². The highest BCUT2D eigenvalue weighted by Gasteiger charge is 2.10. The van der Waals surface area contributed by atoms with Crippen molar-refractivity contribution in [3.63, 3.8) is 0 Å². The second-order valence-electron chi connectivity index (χ2n) is 3.21. The molecule has 0 spiro atoms. The molecule has 4 heteroatoms. The Morgan fingerprint density at radius 1 is 1.50 bits per heavy atom. The minimum atomic E-state index is -1.01. The van der Waals surface area contributed by atoms with Crippen LogP contribution in [0.5, 0.6) is 11.5 Å². The lowest BCUT2D eigenvalue weighted by Gasteiger charge is -2.11. The molecule has 0 fully saturated rings. The number of phenolic OH excluding ortho intramolecular Hbond substituents is 1. The van der Waals surface area contributed by atoms with Crippen LogP contribution in [0.25, 0.3) is 6.08 Å². The minimum Gasteiger partial charge on any atom is -0.504 e. The fourth-order valence-corrected chi connectivity index (χ4v) is 1.54. The van der Waals surface area contributed by atoms with Crippen LogP contribution in [0.15, 0.2) is 18.2 Å². The summed E-state index contributed by atoms with van der Waals surface area (Å²) in [6.45, 7) is 1.91. The van der Waals surface area contributed by atoms with Gasteiger partial charge in [0, 0.05) is 11.6 Å². The quantitative estimate of drug-likeness (QED) is 0.765. The highest BCUT2D eigenvalue weighted by Crippen LogP contribution is 2.33. The van der Waals surface area contributed by atoms with E-state index in [0.29, 0.717) is 12.2 Å². The fourth-order valence-electron chi connectivity index (χ4n) is 1.54. The largest absolute Gasteiger partial charge is 0.504 e. The van der Waals surface area contributed by atoms with Gasteiger partial charge in [-0.15, -0.1) is 0 Å². The van der Waals surface area contributed by atoms with Gasteiger partial charge < -0.3 is 14.9 Å². The summed E-state index contributed by atoms with van der Waals surface area (Å²) in [4.78, 5) is 10.4. The van der Waals surface area contributed by atoms with Crippen LogP contribution in [0.4, 0.5) is 0 Å². The molecule has 0 unspecified atom stereocenters. The molecule has 0 saturated heterocycles. The van der Waals surface area contributed by atoms with E-state index in [9.17, 15) is 9.90 Å². The molecule has 0 heterocycles. The average Bonchev–Trinajstić information content (AvgIpc) is 2.26. The SMILES string of the molecule is CCc1c(C=CC(=O)O)ccc(O)c1OC. The topological polar surface area (TPSA) is 66.8 Å². The number of hydrogen-bond donors (Lipinski definition) is 2. The summed E-state index contributed by atoms with van der Waals surface area (Å²) in [6.07, 6.45) is 3.20. The summed E-state index contributed by atoms with van der Waals surface area (Å²) in [6, 6.07) is 3.15. The van der Waals surface area contributed by atoms with Crippen molar-refractivity contribution in [3.8, 4) is 11.5 Å². The standard InChI is InChI=1S/C12H14O4/c1-3-9-8(5-7-11(14)15)4-6-10(13)12(9)16-2/h4-7,13H,3H2,1-2H3,(H,14,15). The molecule has 1 rings (SSSR count). The van der Waals surface area contributed by atoms with Crippen molar-refractivity contribution in [2.45, 2.75) is 13.3 Å². The van der Waals surface area contributed by atoms with Gasteiger partial charge >= 0.3 is 5.97 Å². The molecule has 0 radical (unpaired) electrons. The first-order valence-electron chi connectivity index (χ1n) is 4.90. The minimum absolute atomic E-state index is 0.0619. The monoisotopic (exact) mass is 222 g/mol. The molecular weight excluding hydrogens is 208 g/mol. The lowest BCUT2D eigenvalue weighted by atomic mass is 10.0. The zero-order chi connectivity index (χ0) is 12.1. The van der Waals surface area contributed by atoms with E-state index < -0.39 is 5.97 Å². The molecule has 0 aliphatic rings. The fraction of sp³-hybridized carbons (Fsp3) is 0.250. The Balaban J connectivity index is 3.24. The van der Waals surface area contributed by atoms with Gasteiger partial charge in [0.2, 0.25) is 0 Å². The summed E-state index contributed by atoms with van der Waals surface area (Å²) < 4.78 is 5.08. The van der Waals surface area contributed by atoms with Crippen molar-refractivity contribution in [2.75, 3.05) is 7.11 Å². The number of carboxylic acid groups (broad SMARTS) is 1. The second-order valence-corrected chi connectivity index (χ2v) is 3.21. The highest BCUT2D eigenvalue weighted by atomic mass is 16.5. The number of ether oxygens (including phenoxy) is 1. The molecule has 0 aliphatic carbocycles. The summed E-state index contributed by atoms with van der Waals surface area (Å²) >= 11 is 0. The Morgan fingerprint density at radius 2 is 2.19 bits per heavy atom. The Labute approximate surface area is 93.8 Å². The number of benzene rings is 1. The predicted octanol–water partition coefficient (Wildman–Crippen LogP) is 2.06. The Kier molecular flexibility index (Phi) is 3.94. The maximum Gasteiger partial charge on any atom is 0.328 e. The zero-order valence-corrected chi connectivity index (χ0v) is 9.23. The lowest BCUT2D eigenvalue weighted by Crippen LogP contribution is -1.95. The Morgan fingerprint density at radius 3 is 2.69 bits per heavy atom. The first-order chi connectivity index (χ1) is 7.60. The van der Waals surface area contributed by atoms with Crippen LogP contribution in [0, 0.1) is 0 Å². The van der Waals surface area contributed by atoms with Gasteiger partial charge in [-0.2, -0.15) is 0 Å². The van der Waals surface area contributed by atoms with E-state index in [0.717, 1.165) is 17.2 Å². The van der Waals surface area contributed by atoms with Gasteiger partial charge in [0.1, 0.15) is 0 Å². The zero-order valence-electron chi connectivity index (χ0n) is 9.23. The molecule has 1 aromatic carbocycles. The third kappa shape index (κ3) is 2.53. The highest BCUT2D eigenvalue weighted by molar-refractivity contribution is 5.85. The number of aromatic hydroxyl groups is 1. The molecule has 0 atom stereocenters. The number of carbonyl (C=O) groups is 1. The molecule has 0 aromatic heterocycles. The number of carboxylic acids is 1. The van der Waals surface area contributed by atoms with Crippen LogP contribution in [0.2, 0.25) is 0 Å². The molecule has 0 aliphatic heterocycles. The molecule has 0 bridgehead atoms. The average molecular weight is 222 g/mol. The van der Waals surface area contributed by atoms with Crippen LogP contribution in [-0.4, -0.2) is 23.3 Å². The smallest absolute Gasteiger partial charge is 0.328 e. The van der Waals surface area contributed by atoms with Crippen molar-refractivity contribution in [3.05, 3.63) is 29.3 Å². The summed E-state index contributed by atoms with van der Waals surface area (Å²) in [5, 5.41) is 18.1. The van der Waals surface area contributed by atoms with Gasteiger partial charge in [0.15, 0.2) is 11.5 Å². The van der Waals surface area contributed by atoms with Gasteiger partial charge in [-0.05, 0) is 24.1 Å². The third-order valence-corrected chi connectivity index (χ3v) is 2.24. The van der Waals surface area contributed by atoms with Crippen molar-refractivity contribution in [2.24, 2.45) is 0 Å². The van der Waals surface area contributed by atoms with Crippen molar-refractivity contribution >= 4 is 12.0 Å². The summed E-state index contributed by atoms with van der Waals surface area (Å²) in [5.41, 5.74) is 1.53. The van der Waals surface area contributed by atoms with Crippen molar-refractivity contribution < 1.29 is 19.7 Å². The van der Waals surface area contributed by atoms with E-state index in [1.54, 1.807) is 6.07 Å². The van der Waals surface area contributed by atoms with E-state index >= 15 is 0 Å². The van der Waals surface area contributed by atoms with E-state index in [4.69, 9.17) is 9.84 Å². The molecule has 86 valence electrons. The number of aliphatic carboxylic acids is 1. The van der Waals surface area contributed by atoms with Gasteiger partial charge in [0.25, 0.3) is 0 Å². The molecular formula is C12H14O4. The van der Waals surface area contributed by atoms with Crippen LogP contribution in [-0.2, 0) is 11.2 Å². The van der Waals surface area contributed by atoms with Crippen molar-refractivity contribution in [1.82, 2.24) is 0 Å². The van der Waals surface area contributed by atoms with Gasteiger partial charge in [-0.3, -0.25) is 0 Å². The Hall–Kier alpha value is -1.97. The number of methoxy groups -OCH3 is 1. The van der Waals surface area contributed by atoms with E-state index in [2.05, 4.69) is 0 Å². The van der Waals surface area contributed by atoms with Crippen molar-refractivity contribution in [1.29, 1.82) is 0 Å². The maximum absolute atomic E-state index is 10.4. The van der Waals surface area contributed by atoms with E-state index in [1.807, 2.05) is 6.92 Å². The van der Waals surface area contributed by atoms with Crippen LogP contribution in [0.1, 0.15) is 18.1 Å². The molecule has 0 amide bonds. The Bertz CT molecular complexity index is 421. The van der Waals surface area contributed by atoms with E-state index in [1.165, 1.54) is 19.3 Å². The molecule has 1 aromatic rings. The summed E-state index contributed by atoms with van der Waals surface area (Å²) in [7, 11) is 1.47. The third-order valence-electron chi connectivity index (χ3n) is 2.24. The normalized spacial score (nSPS) is 10.6. The molecule has 4 nitrogen and oxygen atoms in total. The van der Waals surface area contributed by atoms with E-state index in [-0.39, 0.29) is 5.75 Å². The molecule has 2 N–H and O–H groups in total. The van der Waals surface area contributed by atoms with Crippen LogP contribution >= 0.6 is 0 Å². The first-order valence-corrected chi connectivity index (χ1v) is 4.90. The number of phenols is 1. The first kappa shape index (κ1) is 12.1. The van der Waals surface area contributed by atoms with Gasteiger partial charge in [0.05, 0.1) is 7.11 Å². The summed E-state index contributed by atoms with van der Waals surface area (Å²) in [5.74, 6) is -0.545. The van der Waals surface area contributed by atoms with Gasteiger partial charge in [-0.1, -0.05) is 13.0 Å². The second kappa shape index (κ2) is 5.21. The molecule has 16 heavy (non-hydrogen) atoms. The van der Waals surface area contributed by atoms with Gasteiger partial charge in [-0.25, -0.2) is 4.79 Å². The number of hydrogen-bond acceptors (Lipinski definition) is 3. The number of rotatable bonds is 4. The molecule has 0 saturated carbocycles. The maximum atomic E-state index is 10.4. The predicted molar refractivity (Wildman–Crippen MR) is 60.7 cm³/mol. The van der Waals surface area contributed by atoms with Crippen LogP contribution < -0.4 is 4.74 Å². The lowest BCUT2D eigenvalue weighted by molar-refractivity contribution is -0.131.